The van der Waals surface area contributed by atoms with Gasteiger partial charge in [-0.05, 0) is 35.9 Å². The highest BCUT2D eigenvalue weighted by Crippen LogP contribution is 2.30. The Hall–Kier alpha value is -2.89. The van der Waals surface area contributed by atoms with Crippen LogP contribution in [0.5, 0.6) is 0 Å². The van der Waals surface area contributed by atoms with Crippen molar-refractivity contribution in [3.63, 3.8) is 0 Å². The van der Waals surface area contributed by atoms with Crippen LogP contribution in [0.2, 0.25) is 5.02 Å². The zero-order valence-corrected chi connectivity index (χ0v) is 12.8. The molecular weight excluding hydrogens is 316 g/mol. The highest BCUT2D eigenvalue weighted by molar-refractivity contribution is 6.33. The van der Waals surface area contributed by atoms with Crippen molar-refractivity contribution in [3.8, 4) is 0 Å². The summed E-state index contributed by atoms with van der Waals surface area (Å²) >= 11 is 6.02. The van der Waals surface area contributed by atoms with Crippen LogP contribution in [0.4, 0.5) is 27.5 Å². The second kappa shape index (κ2) is 6.48. The number of carbonyl (C=O) groups is 1. The maximum absolute atomic E-state index is 12.5. The highest BCUT2D eigenvalue weighted by Gasteiger charge is 2.22. The van der Waals surface area contributed by atoms with Crippen LogP contribution in [-0.4, -0.2) is 19.1 Å². The molecule has 0 spiro atoms. The van der Waals surface area contributed by atoms with Gasteiger partial charge in [0.25, 0.3) is 0 Å². The van der Waals surface area contributed by atoms with Crippen molar-refractivity contribution >= 4 is 40.4 Å². The number of azide groups is 1. The van der Waals surface area contributed by atoms with E-state index in [1.54, 1.807) is 23.1 Å². The van der Waals surface area contributed by atoms with E-state index in [0.29, 0.717) is 24.5 Å². The molecule has 1 aliphatic rings. The highest BCUT2D eigenvalue weighted by atomic mass is 35.5. The number of hydrogen-bond donors (Lipinski definition) is 2. The van der Waals surface area contributed by atoms with Gasteiger partial charge in [-0.1, -0.05) is 28.8 Å². The van der Waals surface area contributed by atoms with Gasteiger partial charge in [0, 0.05) is 23.7 Å². The molecule has 0 unspecified atom stereocenters. The van der Waals surface area contributed by atoms with Gasteiger partial charge in [-0.15, -0.1) is 0 Å². The first-order chi connectivity index (χ1) is 11.2. The molecule has 0 aromatic heterocycles. The Balaban J connectivity index is 1.80. The molecule has 0 saturated carbocycles. The van der Waals surface area contributed by atoms with Crippen LogP contribution in [0.3, 0.4) is 0 Å². The second-order valence-electron chi connectivity index (χ2n) is 4.88. The number of amides is 2. The van der Waals surface area contributed by atoms with Gasteiger partial charge in [-0.2, -0.15) is 0 Å². The van der Waals surface area contributed by atoms with Crippen molar-refractivity contribution in [1.29, 1.82) is 0 Å². The minimum absolute atomic E-state index is 0.244. The molecule has 0 bridgehead atoms. The molecule has 8 heteroatoms. The van der Waals surface area contributed by atoms with Crippen LogP contribution in [0.1, 0.15) is 0 Å². The van der Waals surface area contributed by atoms with Gasteiger partial charge >= 0.3 is 6.03 Å². The van der Waals surface area contributed by atoms with Gasteiger partial charge in [0.1, 0.15) is 0 Å². The van der Waals surface area contributed by atoms with Crippen molar-refractivity contribution in [2.75, 3.05) is 28.6 Å². The Kier molecular flexibility index (Phi) is 4.23. The number of benzene rings is 2. The monoisotopic (exact) mass is 328 g/mol. The number of nitrogens with one attached hydrogen (secondary N) is 2. The van der Waals surface area contributed by atoms with Crippen molar-refractivity contribution in [1.82, 2.24) is 0 Å². The molecule has 116 valence electrons. The Morgan fingerprint density at radius 2 is 2.17 bits per heavy atom. The number of urea groups is 1. The van der Waals surface area contributed by atoms with E-state index in [9.17, 15) is 4.79 Å². The smallest absolute Gasteiger partial charge is 0.326 e. The predicted octanol–water partition coefficient (Wildman–Crippen LogP) is 4.75. The fourth-order valence-corrected chi connectivity index (χ4v) is 2.62. The summed E-state index contributed by atoms with van der Waals surface area (Å²) in [5.41, 5.74) is 11.0. The lowest BCUT2D eigenvalue weighted by Gasteiger charge is -2.30. The van der Waals surface area contributed by atoms with Gasteiger partial charge in [0.15, 0.2) is 0 Å². The van der Waals surface area contributed by atoms with Crippen molar-refractivity contribution in [2.24, 2.45) is 5.11 Å². The quantitative estimate of drug-likeness (QED) is 0.473. The third-order valence-electron chi connectivity index (χ3n) is 3.44. The second-order valence-corrected chi connectivity index (χ2v) is 5.29. The van der Waals surface area contributed by atoms with Crippen molar-refractivity contribution in [3.05, 3.63) is 57.9 Å². The summed E-state index contributed by atoms with van der Waals surface area (Å²) in [6.07, 6.45) is 0. The van der Waals surface area contributed by atoms with Crippen LogP contribution in [-0.2, 0) is 0 Å². The molecule has 2 N–H and O–H groups in total. The fraction of sp³-hybridized carbons (Fsp3) is 0.133. The van der Waals surface area contributed by atoms with Crippen LogP contribution in [0.25, 0.3) is 10.4 Å². The molecule has 0 saturated heterocycles. The molecule has 2 aromatic rings. The standard InChI is InChI=1S/C15H13ClN6O/c16-11-9-10(5-6-12(11)20-21-17)19-15(23)22-8-7-18-13-3-1-2-4-14(13)22/h1-6,9,18H,7-8H2,(H,19,23). The molecule has 2 amide bonds. The first-order valence-corrected chi connectivity index (χ1v) is 7.33. The molecule has 0 atom stereocenters. The first kappa shape index (κ1) is 15.0. The summed E-state index contributed by atoms with van der Waals surface area (Å²) in [5, 5.41) is 9.80. The predicted molar refractivity (Wildman–Crippen MR) is 91.6 cm³/mol. The Morgan fingerprint density at radius 1 is 1.35 bits per heavy atom. The minimum Gasteiger partial charge on any atom is -0.382 e. The Bertz CT molecular complexity index is 802. The molecule has 0 fully saturated rings. The number of nitrogens with zero attached hydrogens (tertiary/aromatic N) is 4. The van der Waals surface area contributed by atoms with Gasteiger partial charge < -0.3 is 10.6 Å². The van der Waals surface area contributed by atoms with E-state index in [0.717, 1.165) is 11.4 Å². The normalized spacial score (nSPS) is 12.7. The zero-order valence-electron chi connectivity index (χ0n) is 12.0. The lowest BCUT2D eigenvalue weighted by molar-refractivity contribution is 0.257. The van der Waals surface area contributed by atoms with E-state index in [-0.39, 0.29) is 11.1 Å². The third kappa shape index (κ3) is 3.15. The first-order valence-electron chi connectivity index (χ1n) is 6.95. The van der Waals surface area contributed by atoms with Gasteiger partial charge in [-0.3, -0.25) is 4.90 Å². The number of rotatable bonds is 2. The third-order valence-corrected chi connectivity index (χ3v) is 3.74. The summed E-state index contributed by atoms with van der Waals surface area (Å²) in [4.78, 5) is 16.9. The summed E-state index contributed by atoms with van der Waals surface area (Å²) in [7, 11) is 0. The number of anilines is 3. The number of halogens is 1. The molecule has 23 heavy (non-hydrogen) atoms. The van der Waals surface area contributed by atoms with Gasteiger partial charge in [0.05, 0.1) is 22.1 Å². The Morgan fingerprint density at radius 3 is 2.96 bits per heavy atom. The van der Waals surface area contributed by atoms with Crippen LogP contribution >= 0.6 is 11.6 Å². The molecule has 2 aromatic carbocycles. The molecular formula is C15H13ClN6O. The van der Waals surface area contributed by atoms with Crippen LogP contribution in [0.15, 0.2) is 47.6 Å². The molecule has 0 aliphatic carbocycles. The fourth-order valence-electron chi connectivity index (χ4n) is 2.40. The largest absolute Gasteiger partial charge is 0.382 e. The minimum atomic E-state index is -0.244. The molecule has 0 radical (unpaired) electrons. The number of carbonyl (C=O) groups excluding carboxylic acids is 1. The van der Waals surface area contributed by atoms with Gasteiger partial charge in [-0.25, -0.2) is 4.79 Å². The maximum atomic E-state index is 12.5. The number of fused-ring (bicyclic) bond motifs is 1. The average Bonchev–Trinajstić information content (AvgIpc) is 2.57. The van der Waals surface area contributed by atoms with Crippen LogP contribution in [0, 0.1) is 0 Å². The average molecular weight is 329 g/mol. The molecule has 3 rings (SSSR count). The molecule has 7 nitrogen and oxygen atoms in total. The number of hydrogen-bond acceptors (Lipinski definition) is 3. The summed E-state index contributed by atoms with van der Waals surface area (Å²) < 4.78 is 0. The summed E-state index contributed by atoms with van der Waals surface area (Å²) in [6.45, 7) is 1.24. The van der Waals surface area contributed by atoms with Gasteiger partial charge in [0.2, 0.25) is 0 Å². The SMILES string of the molecule is [N-]=[N+]=Nc1ccc(NC(=O)N2CCNc3ccccc32)cc1Cl. The summed E-state index contributed by atoms with van der Waals surface area (Å²) in [6, 6.07) is 12.1. The maximum Gasteiger partial charge on any atom is 0.326 e. The Labute approximate surface area is 137 Å². The van der Waals surface area contributed by atoms with E-state index in [1.165, 1.54) is 0 Å². The van der Waals surface area contributed by atoms with E-state index in [1.807, 2.05) is 24.3 Å². The topological polar surface area (TPSA) is 93.1 Å². The van der Waals surface area contributed by atoms with Crippen LogP contribution < -0.4 is 15.5 Å². The van der Waals surface area contributed by atoms with E-state index >= 15 is 0 Å². The molecule has 1 aliphatic heterocycles. The molecule has 1 heterocycles. The van der Waals surface area contributed by atoms with E-state index in [4.69, 9.17) is 17.1 Å². The van der Waals surface area contributed by atoms with Crippen molar-refractivity contribution < 1.29 is 4.79 Å². The zero-order chi connectivity index (χ0) is 16.2. The van der Waals surface area contributed by atoms with E-state index < -0.39 is 0 Å². The lowest BCUT2D eigenvalue weighted by Crippen LogP contribution is -2.41. The number of para-hydroxylation sites is 2. The van der Waals surface area contributed by atoms with Crippen molar-refractivity contribution in [2.45, 2.75) is 0 Å². The lowest BCUT2D eigenvalue weighted by atomic mass is 10.2. The summed E-state index contributed by atoms with van der Waals surface area (Å²) in [5.74, 6) is 0. The van der Waals surface area contributed by atoms with E-state index in [2.05, 4.69) is 20.7 Å².